The highest BCUT2D eigenvalue weighted by Crippen LogP contribution is 2.20. The average molecular weight is 282 g/mol. The molecule has 3 heteroatoms. The second kappa shape index (κ2) is 5.49. The van der Waals surface area contributed by atoms with Crippen LogP contribution in [-0.4, -0.2) is 36.0 Å². The summed E-state index contributed by atoms with van der Waals surface area (Å²) >= 11 is 0. The van der Waals surface area contributed by atoms with Crippen LogP contribution in [0.1, 0.15) is 19.4 Å². The normalized spacial score (nSPS) is 17.9. The molecule has 0 aliphatic carbocycles. The van der Waals surface area contributed by atoms with Crippen molar-refractivity contribution in [2.24, 2.45) is 0 Å². The fourth-order valence-electron chi connectivity index (χ4n) is 3.08. The second-order valence-corrected chi connectivity index (χ2v) is 6.44. The minimum absolute atomic E-state index is 0.00661. The standard InChI is InChI=1S/C18H22N2O/c1-18(2)13-20(11-10-19-18)17(21)12-15-8-5-7-14-6-3-4-9-16(14)15/h3-9,19H,10-13H2,1-2H3. The van der Waals surface area contributed by atoms with E-state index < -0.39 is 0 Å². The van der Waals surface area contributed by atoms with Crippen molar-refractivity contribution in [1.29, 1.82) is 0 Å². The largest absolute Gasteiger partial charge is 0.339 e. The van der Waals surface area contributed by atoms with Gasteiger partial charge in [-0.15, -0.1) is 0 Å². The van der Waals surface area contributed by atoms with Crippen LogP contribution in [0.4, 0.5) is 0 Å². The van der Waals surface area contributed by atoms with Gasteiger partial charge in [-0.05, 0) is 30.2 Å². The maximum atomic E-state index is 12.6. The number of fused-ring (bicyclic) bond motifs is 1. The molecule has 110 valence electrons. The highest BCUT2D eigenvalue weighted by atomic mass is 16.2. The summed E-state index contributed by atoms with van der Waals surface area (Å²) in [7, 11) is 0. The van der Waals surface area contributed by atoms with Crippen molar-refractivity contribution >= 4 is 16.7 Å². The first kappa shape index (κ1) is 14.1. The zero-order valence-corrected chi connectivity index (χ0v) is 12.7. The Morgan fingerprint density at radius 3 is 2.76 bits per heavy atom. The minimum Gasteiger partial charge on any atom is -0.339 e. The first-order valence-electron chi connectivity index (χ1n) is 7.55. The summed E-state index contributed by atoms with van der Waals surface area (Å²) in [5.41, 5.74) is 1.13. The van der Waals surface area contributed by atoms with Gasteiger partial charge in [0.15, 0.2) is 0 Å². The molecule has 2 aromatic rings. The van der Waals surface area contributed by atoms with Crippen LogP contribution >= 0.6 is 0 Å². The summed E-state index contributed by atoms with van der Waals surface area (Å²) in [5.74, 6) is 0.223. The summed E-state index contributed by atoms with van der Waals surface area (Å²) in [4.78, 5) is 14.6. The summed E-state index contributed by atoms with van der Waals surface area (Å²) in [5, 5.41) is 5.82. The van der Waals surface area contributed by atoms with E-state index in [0.717, 1.165) is 25.2 Å². The van der Waals surface area contributed by atoms with Crippen molar-refractivity contribution < 1.29 is 4.79 Å². The molecule has 21 heavy (non-hydrogen) atoms. The Labute approximate surface area is 125 Å². The zero-order valence-electron chi connectivity index (χ0n) is 12.7. The maximum Gasteiger partial charge on any atom is 0.227 e. The first-order chi connectivity index (χ1) is 10.1. The molecule has 3 nitrogen and oxygen atoms in total. The van der Waals surface area contributed by atoms with E-state index in [1.54, 1.807) is 0 Å². The third-order valence-corrected chi connectivity index (χ3v) is 4.15. The molecule has 1 aliphatic rings. The summed E-state index contributed by atoms with van der Waals surface area (Å²) < 4.78 is 0. The van der Waals surface area contributed by atoms with Gasteiger partial charge in [-0.2, -0.15) is 0 Å². The van der Waals surface area contributed by atoms with Crippen LogP contribution in [0.3, 0.4) is 0 Å². The van der Waals surface area contributed by atoms with Crippen LogP contribution in [0.5, 0.6) is 0 Å². The number of carbonyl (C=O) groups excluding carboxylic acids is 1. The van der Waals surface area contributed by atoms with E-state index >= 15 is 0 Å². The van der Waals surface area contributed by atoms with Gasteiger partial charge in [-0.1, -0.05) is 42.5 Å². The molecule has 1 aliphatic heterocycles. The van der Waals surface area contributed by atoms with Gasteiger partial charge >= 0.3 is 0 Å². The number of nitrogens with one attached hydrogen (secondary N) is 1. The quantitative estimate of drug-likeness (QED) is 0.918. The van der Waals surface area contributed by atoms with Crippen LogP contribution in [-0.2, 0) is 11.2 Å². The summed E-state index contributed by atoms with van der Waals surface area (Å²) in [6.45, 7) is 6.73. The number of hydrogen-bond acceptors (Lipinski definition) is 2. The first-order valence-corrected chi connectivity index (χ1v) is 7.55. The van der Waals surface area contributed by atoms with Gasteiger partial charge in [0.25, 0.3) is 0 Å². The van der Waals surface area contributed by atoms with Gasteiger partial charge in [0.1, 0.15) is 0 Å². The molecule has 2 aromatic carbocycles. The molecular formula is C18H22N2O. The molecule has 0 bridgehead atoms. The molecule has 1 heterocycles. The van der Waals surface area contributed by atoms with E-state index in [0.29, 0.717) is 6.42 Å². The van der Waals surface area contributed by atoms with Gasteiger partial charge in [0.2, 0.25) is 5.91 Å². The monoisotopic (exact) mass is 282 g/mol. The number of hydrogen-bond donors (Lipinski definition) is 1. The fourth-order valence-corrected chi connectivity index (χ4v) is 3.08. The van der Waals surface area contributed by atoms with Gasteiger partial charge < -0.3 is 10.2 Å². The van der Waals surface area contributed by atoms with Crippen LogP contribution in [0.2, 0.25) is 0 Å². The Bertz CT molecular complexity index is 658. The Kier molecular flexibility index (Phi) is 3.68. The Morgan fingerprint density at radius 1 is 1.19 bits per heavy atom. The SMILES string of the molecule is CC1(C)CN(C(=O)Cc2cccc3ccccc23)CCN1. The summed E-state index contributed by atoms with van der Waals surface area (Å²) in [6.07, 6.45) is 0.484. The molecule has 0 aromatic heterocycles. The zero-order chi connectivity index (χ0) is 14.9. The van der Waals surface area contributed by atoms with Crippen molar-refractivity contribution in [3.05, 3.63) is 48.0 Å². The molecule has 1 saturated heterocycles. The number of piperazine rings is 1. The van der Waals surface area contributed by atoms with Gasteiger partial charge in [0, 0.05) is 25.2 Å². The van der Waals surface area contributed by atoms with Gasteiger partial charge in [-0.25, -0.2) is 0 Å². The van der Waals surface area contributed by atoms with E-state index in [1.165, 1.54) is 10.8 Å². The third-order valence-electron chi connectivity index (χ3n) is 4.15. The van der Waals surface area contributed by atoms with Crippen molar-refractivity contribution in [3.8, 4) is 0 Å². The van der Waals surface area contributed by atoms with Gasteiger partial charge in [0.05, 0.1) is 6.42 Å². The van der Waals surface area contributed by atoms with E-state index in [9.17, 15) is 4.79 Å². The van der Waals surface area contributed by atoms with Crippen molar-refractivity contribution in [3.63, 3.8) is 0 Å². The average Bonchev–Trinajstić information content (AvgIpc) is 2.46. The topological polar surface area (TPSA) is 32.3 Å². The molecule has 1 amide bonds. The number of benzene rings is 2. The summed E-state index contributed by atoms with van der Waals surface area (Å²) in [6, 6.07) is 14.4. The Hall–Kier alpha value is -1.87. The molecule has 0 saturated carbocycles. The van der Waals surface area contributed by atoms with Crippen LogP contribution in [0.15, 0.2) is 42.5 Å². The minimum atomic E-state index is 0.00661. The van der Waals surface area contributed by atoms with E-state index in [1.807, 2.05) is 23.1 Å². The smallest absolute Gasteiger partial charge is 0.227 e. The number of amides is 1. The predicted octanol–water partition coefficient (Wildman–Crippen LogP) is 2.59. The fraction of sp³-hybridized carbons (Fsp3) is 0.389. The highest BCUT2D eigenvalue weighted by molar-refractivity contribution is 5.90. The van der Waals surface area contributed by atoms with Crippen molar-refractivity contribution in [2.75, 3.05) is 19.6 Å². The molecule has 0 spiro atoms. The lowest BCUT2D eigenvalue weighted by atomic mass is 9.99. The second-order valence-electron chi connectivity index (χ2n) is 6.44. The molecule has 1 fully saturated rings. The van der Waals surface area contributed by atoms with Crippen molar-refractivity contribution in [1.82, 2.24) is 10.2 Å². The molecule has 0 unspecified atom stereocenters. The van der Waals surface area contributed by atoms with Crippen LogP contribution < -0.4 is 5.32 Å². The van der Waals surface area contributed by atoms with E-state index in [2.05, 4.69) is 43.4 Å². The maximum absolute atomic E-state index is 12.6. The lowest BCUT2D eigenvalue weighted by molar-refractivity contribution is -0.132. The Balaban J connectivity index is 1.80. The van der Waals surface area contributed by atoms with Crippen LogP contribution in [0, 0.1) is 0 Å². The third kappa shape index (κ3) is 3.08. The highest BCUT2D eigenvalue weighted by Gasteiger charge is 2.28. The number of rotatable bonds is 2. The lowest BCUT2D eigenvalue weighted by Gasteiger charge is -2.39. The van der Waals surface area contributed by atoms with E-state index in [-0.39, 0.29) is 11.4 Å². The van der Waals surface area contributed by atoms with E-state index in [4.69, 9.17) is 0 Å². The number of nitrogens with zero attached hydrogens (tertiary/aromatic N) is 1. The molecule has 1 N–H and O–H groups in total. The van der Waals surface area contributed by atoms with Crippen LogP contribution in [0.25, 0.3) is 10.8 Å². The predicted molar refractivity (Wildman–Crippen MR) is 86.3 cm³/mol. The Morgan fingerprint density at radius 2 is 1.95 bits per heavy atom. The van der Waals surface area contributed by atoms with Gasteiger partial charge in [-0.3, -0.25) is 4.79 Å². The lowest BCUT2D eigenvalue weighted by Crippen LogP contribution is -2.58. The molecule has 0 atom stereocenters. The number of carbonyl (C=O) groups is 1. The van der Waals surface area contributed by atoms with Crippen molar-refractivity contribution in [2.45, 2.75) is 25.8 Å². The molecule has 3 rings (SSSR count). The molecular weight excluding hydrogens is 260 g/mol. The molecule has 0 radical (unpaired) electrons.